The highest BCUT2D eigenvalue weighted by atomic mass is 32.2. The molecule has 2 fully saturated rings. The number of hydrogen-bond acceptors (Lipinski definition) is 5. The van der Waals surface area contributed by atoms with Crippen LogP contribution >= 0.6 is 0 Å². The van der Waals surface area contributed by atoms with E-state index in [1.807, 2.05) is 16.6 Å². The van der Waals surface area contributed by atoms with Gasteiger partial charge in [0, 0.05) is 34.9 Å². The number of benzene rings is 1. The first kappa shape index (κ1) is 18.8. The van der Waals surface area contributed by atoms with E-state index in [4.69, 9.17) is 10.7 Å². The van der Waals surface area contributed by atoms with Crippen LogP contribution in [-0.2, 0) is 11.0 Å². The Morgan fingerprint density at radius 2 is 1.90 bits per heavy atom. The molecule has 0 saturated heterocycles. The molecule has 2 aromatic rings. The molecule has 0 spiro atoms. The van der Waals surface area contributed by atoms with E-state index in [0.29, 0.717) is 23.9 Å². The van der Waals surface area contributed by atoms with Crippen molar-refractivity contribution >= 4 is 34.5 Å². The maximum atomic E-state index is 12.7. The van der Waals surface area contributed by atoms with Crippen LogP contribution in [0.2, 0.25) is 0 Å². The molecule has 5 rings (SSSR count). The lowest BCUT2D eigenvalue weighted by Crippen LogP contribution is -2.36. The van der Waals surface area contributed by atoms with Gasteiger partial charge in [0.25, 0.3) is 0 Å². The van der Waals surface area contributed by atoms with Gasteiger partial charge in [0.1, 0.15) is 11.0 Å². The highest BCUT2D eigenvalue weighted by molar-refractivity contribution is 7.89. The predicted molar refractivity (Wildman–Crippen MR) is 118 cm³/mol. The third-order valence-electron chi connectivity index (χ3n) is 6.33. The number of nitrogens with two attached hydrogens (primary N) is 1. The van der Waals surface area contributed by atoms with E-state index in [1.165, 1.54) is 24.8 Å². The maximum Gasteiger partial charge on any atom is 0.229 e. The van der Waals surface area contributed by atoms with Crippen LogP contribution in [0.25, 0.3) is 6.08 Å². The van der Waals surface area contributed by atoms with Gasteiger partial charge >= 0.3 is 0 Å². The highest BCUT2D eigenvalue weighted by Gasteiger charge is 2.31. The number of rotatable bonds is 4. The molecule has 1 aliphatic heterocycles. The molecule has 3 N–H and O–H groups in total. The Morgan fingerprint density at radius 3 is 2.62 bits per heavy atom. The Hall–Kier alpha value is -2.25. The summed E-state index contributed by atoms with van der Waals surface area (Å²) in [5.74, 6) is 1.88. The fraction of sp³-hybridized carbons (Fsp3) is 0.455. The number of hydrogen-bond donors (Lipinski definition) is 2. The third kappa shape index (κ3) is 3.81. The smallest absolute Gasteiger partial charge is 0.229 e. The van der Waals surface area contributed by atoms with E-state index in [-0.39, 0.29) is 0 Å². The average molecular weight is 410 g/mol. The Kier molecular flexibility index (Phi) is 5.09. The number of nitrogens with zero attached hydrogens (tertiary/aromatic N) is 3. The summed E-state index contributed by atoms with van der Waals surface area (Å²) in [5, 5.41) is 5.05. The van der Waals surface area contributed by atoms with E-state index in [2.05, 4.69) is 34.6 Å². The largest absolute Gasteiger partial charge is 0.328 e. The first-order chi connectivity index (χ1) is 14.2. The predicted octanol–water partition coefficient (Wildman–Crippen LogP) is 4.21. The number of aromatic nitrogens is 2. The molecule has 2 heterocycles. The number of anilines is 3. The topological polar surface area (TPSA) is 84.1 Å². The summed E-state index contributed by atoms with van der Waals surface area (Å²) < 4.78 is 14.6. The second-order valence-electron chi connectivity index (χ2n) is 8.33. The van der Waals surface area contributed by atoms with Gasteiger partial charge in [0.15, 0.2) is 5.82 Å². The van der Waals surface area contributed by atoms with E-state index >= 15 is 0 Å². The van der Waals surface area contributed by atoms with Crippen LogP contribution in [-0.4, -0.2) is 26.3 Å². The highest BCUT2D eigenvalue weighted by Crippen LogP contribution is 2.36. The number of fused-ring (bicyclic) bond motifs is 1. The molecule has 0 radical (unpaired) electrons. The van der Waals surface area contributed by atoms with Crippen LogP contribution < -0.4 is 15.4 Å². The zero-order valence-electron chi connectivity index (χ0n) is 16.5. The van der Waals surface area contributed by atoms with E-state index < -0.39 is 11.0 Å². The minimum atomic E-state index is -1.17. The lowest BCUT2D eigenvalue weighted by atomic mass is 9.97. The fourth-order valence-corrected chi connectivity index (χ4v) is 5.98. The van der Waals surface area contributed by atoms with Crippen LogP contribution in [0.15, 0.2) is 35.9 Å². The standard InChI is InChI=1S/C22H27N5OS/c23-18-8-5-16(13-18)15-6-9-19(10-7-15)25-22-24-14-17-11-12-29(28)27(21(17)26-22)20-3-1-2-4-20/h6-7,9-12,14,16,18,20H,1-5,8,13,23H2,(H,24,25,26). The summed E-state index contributed by atoms with van der Waals surface area (Å²) in [5.41, 5.74) is 9.29. The Balaban J connectivity index is 1.36. The lowest BCUT2D eigenvalue weighted by Gasteiger charge is -2.30. The maximum absolute atomic E-state index is 12.7. The molecule has 0 bridgehead atoms. The molecule has 2 saturated carbocycles. The van der Waals surface area contributed by atoms with Gasteiger partial charge in [-0.05, 0) is 61.8 Å². The molecule has 1 aromatic heterocycles. The van der Waals surface area contributed by atoms with Crippen molar-refractivity contribution in [3.05, 3.63) is 47.0 Å². The second kappa shape index (κ2) is 7.88. The summed E-state index contributed by atoms with van der Waals surface area (Å²) in [6.07, 6.45) is 11.5. The second-order valence-corrected chi connectivity index (χ2v) is 9.55. The minimum Gasteiger partial charge on any atom is -0.328 e. The summed E-state index contributed by atoms with van der Waals surface area (Å²) in [7, 11) is -1.17. The fourth-order valence-electron chi connectivity index (χ4n) is 4.76. The van der Waals surface area contributed by atoms with Crippen molar-refractivity contribution in [2.75, 3.05) is 9.62 Å². The van der Waals surface area contributed by atoms with Crippen LogP contribution in [0.5, 0.6) is 0 Å². The molecule has 152 valence electrons. The molecule has 29 heavy (non-hydrogen) atoms. The molecule has 1 aromatic carbocycles. The van der Waals surface area contributed by atoms with Gasteiger partial charge in [-0.25, -0.2) is 9.19 Å². The molecule has 0 amide bonds. The van der Waals surface area contributed by atoms with Crippen molar-refractivity contribution in [2.45, 2.75) is 62.9 Å². The third-order valence-corrected chi connectivity index (χ3v) is 7.56. The van der Waals surface area contributed by atoms with Gasteiger partial charge in [-0.15, -0.1) is 0 Å². The molecule has 7 heteroatoms. The first-order valence-electron chi connectivity index (χ1n) is 10.5. The van der Waals surface area contributed by atoms with Crippen molar-refractivity contribution in [2.24, 2.45) is 5.73 Å². The van der Waals surface area contributed by atoms with Gasteiger partial charge in [0.05, 0.1) is 0 Å². The molecule has 3 aliphatic rings. The van der Waals surface area contributed by atoms with Gasteiger partial charge in [-0.1, -0.05) is 25.0 Å². The van der Waals surface area contributed by atoms with Crippen LogP contribution in [0.4, 0.5) is 17.5 Å². The Bertz CT molecular complexity index is 939. The van der Waals surface area contributed by atoms with Crippen molar-refractivity contribution in [1.82, 2.24) is 9.97 Å². The van der Waals surface area contributed by atoms with Crippen LogP contribution in [0, 0.1) is 0 Å². The van der Waals surface area contributed by atoms with E-state index in [1.54, 1.807) is 5.41 Å². The van der Waals surface area contributed by atoms with Gasteiger partial charge in [-0.2, -0.15) is 4.98 Å². The van der Waals surface area contributed by atoms with Crippen LogP contribution in [0.3, 0.4) is 0 Å². The van der Waals surface area contributed by atoms with Crippen molar-refractivity contribution < 1.29 is 4.21 Å². The van der Waals surface area contributed by atoms with E-state index in [0.717, 1.165) is 42.8 Å². The summed E-state index contributed by atoms with van der Waals surface area (Å²) in [4.78, 5) is 9.21. The van der Waals surface area contributed by atoms with Crippen molar-refractivity contribution in [1.29, 1.82) is 0 Å². The number of nitrogens with one attached hydrogen (secondary N) is 1. The summed E-state index contributed by atoms with van der Waals surface area (Å²) >= 11 is 0. The molecule has 3 unspecified atom stereocenters. The van der Waals surface area contributed by atoms with Crippen LogP contribution in [0.1, 0.15) is 62.0 Å². The van der Waals surface area contributed by atoms with Crippen molar-refractivity contribution in [3.63, 3.8) is 0 Å². The lowest BCUT2D eigenvalue weighted by molar-refractivity contribution is 0.653. The molecular weight excluding hydrogens is 382 g/mol. The molecule has 2 aliphatic carbocycles. The zero-order chi connectivity index (χ0) is 19.8. The minimum absolute atomic E-state index is 0.291. The monoisotopic (exact) mass is 409 g/mol. The summed E-state index contributed by atoms with van der Waals surface area (Å²) in [6, 6.07) is 9.13. The zero-order valence-corrected chi connectivity index (χ0v) is 17.3. The van der Waals surface area contributed by atoms with Gasteiger partial charge in [0.2, 0.25) is 5.95 Å². The van der Waals surface area contributed by atoms with Gasteiger partial charge < -0.3 is 11.1 Å². The Labute approximate surface area is 174 Å². The SMILES string of the molecule is NC1CCC(c2ccc(Nc3ncc4c(n3)N(C3CCCC3)S(=O)C=C4)cc2)C1. The quantitative estimate of drug-likeness (QED) is 0.790. The average Bonchev–Trinajstić information content (AvgIpc) is 3.40. The first-order valence-corrected chi connectivity index (χ1v) is 11.7. The summed E-state index contributed by atoms with van der Waals surface area (Å²) in [6.45, 7) is 0. The molecule has 3 atom stereocenters. The Morgan fingerprint density at radius 1 is 1.10 bits per heavy atom. The van der Waals surface area contributed by atoms with Gasteiger partial charge in [-0.3, -0.25) is 4.31 Å². The van der Waals surface area contributed by atoms with Crippen molar-refractivity contribution in [3.8, 4) is 0 Å². The van der Waals surface area contributed by atoms with E-state index in [9.17, 15) is 4.21 Å². The molecule has 6 nitrogen and oxygen atoms in total. The normalized spacial score (nSPS) is 26.7. The molecular formula is C22H27N5OS.